The van der Waals surface area contributed by atoms with Crippen LogP contribution in [0.3, 0.4) is 0 Å². The van der Waals surface area contributed by atoms with E-state index in [1.165, 1.54) is 24.8 Å². The smallest absolute Gasteiger partial charge is 0.252 e. The number of nitrogens with zero attached hydrogens (tertiary/aromatic N) is 3. The summed E-state index contributed by atoms with van der Waals surface area (Å²) in [5, 5.41) is 1.35. The lowest BCUT2D eigenvalue weighted by Gasteiger charge is -2.46. The largest absolute Gasteiger partial charge is 0.310 e. The zero-order valence-electron chi connectivity index (χ0n) is 52.7. The fourth-order valence-electron chi connectivity index (χ4n) is 14.9. The molecule has 1 aromatic heterocycles. The monoisotopic (exact) mass is 1130 g/mol. The summed E-state index contributed by atoms with van der Waals surface area (Å²) in [5.41, 5.74) is 25.7. The van der Waals surface area contributed by atoms with Gasteiger partial charge in [-0.05, 0) is 128 Å². The van der Waals surface area contributed by atoms with E-state index < -0.39 is 0 Å². The van der Waals surface area contributed by atoms with E-state index in [-0.39, 0.29) is 30.9 Å². The van der Waals surface area contributed by atoms with Gasteiger partial charge in [-0.15, -0.1) is 0 Å². The molecule has 0 bridgehead atoms. The summed E-state index contributed by atoms with van der Waals surface area (Å²) in [7, 11) is 0. The average molecular weight is 1130 g/mol. The highest BCUT2D eigenvalue weighted by atomic mass is 15.2. The first-order valence-corrected chi connectivity index (χ1v) is 31.1. The third-order valence-electron chi connectivity index (χ3n) is 18.9. The Labute approximate surface area is 521 Å². The number of anilines is 6. The maximum atomic E-state index is 10.1. The van der Waals surface area contributed by atoms with Gasteiger partial charge in [0.1, 0.15) is 0 Å². The minimum absolute atomic E-state index is 0.0342. The highest BCUT2D eigenvalue weighted by molar-refractivity contribution is 7.00. The third kappa shape index (κ3) is 8.65. The second kappa shape index (κ2) is 21.7. The topological polar surface area (TPSA) is 11.4 Å². The highest BCUT2D eigenvalue weighted by Crippen LogP contribution is 2.54. The normalized spacial score (nSPS) is 14.2. The van der Waals surface area contributed by atoms with Gasteiger partial charge in [0.15, 0.2) is 0 Å². The molecule has 0 radical (unpaired) electrons. The zero-order chi connectivity index (χ0) is 61.6. The second-order valence-corrected chi connectivity index (χ2v) is 23.8. The minimum Gasteiger partial charge on any atom is -0.310 e. The lowest BCUT2D eigenvalue weighted by atomic mass is 9.33. The Balaban J connectivity index is 1.08. The van der Waals surface area contributed by atoms with Crippen LogP contribution in [0, 0.1) is 0 Å². The summed E-state index contributed by atoms with van der Waals surface area (Å²) in [5.74, 6) is 0.367. The van der Waals surface area contributed by atoms with E-state index in [0.29, 0.717) is 16.8 Å². The van der Waals surface area contributed by atoms with Crippen molar-refractivity contribution in [2.75, 3.05) is 9.80 Å². The van der Waals surface area contributed by atoms with E-state index in [0.717, 1.165) is 147 Å². The highest BCUT2D eigenvalue weighted by Gasteiger charge is 2.46. The van der Waals surface area contributed by atoms with Crippen LogP contribution in [0.25, 0.3) is 94.3 Å². The van der Waals surface area contributed by atoms with Gasteiger partial charge in [0.2, 0.25) is 0 Å². The molecule has 1 fully saturated rings. The van der Waals surface area contributed by atoms with E-state index in [4.69, 9.17) is 0 Å². The van der Waals surface area contributed by atoms with Gasteiger partial charge >= 0.3 is 0 Å². The van der Waals surface area contributed by atoms with Crippen molar-refractivity contribution >= 4 is 79.0 Å². The van der Waals surface area contributed by atoms with Gasteiger partial charge in [0.25, 0.3) is 6.71 Å². The van der Waals surface area contributed by atoms with E-state index in [1.807, 2.05) is 0 Å². The summed E-state index contributed by atoms with van der Waals surface area (Å²) < 4.78 is 40.9. The maximum absolute atomic E-state index is 10.1. The van der Waals surface area contributed by atoms with Gasteiger partial charge in [-0.3, -0.25) is 0 Å². The molecule has 0 amide bonds. The van der Waals surface area contributed by atoms with Crippen molar-refractivity contribution in [2.45, 2.75) is 38.0 Å². The number of rotatable bonds is 10. The number of aromatic nitrogens is 1. The van der Waals surface area contributed by atoms with Gasteiger partial charge in [-0.2, -0.15) is 0 Å². The summed E-state index contributed by atoms with van der Waals surface area (Å²) in [6.07, 6.45) is 5.75. The fourth-order valence-corrected chi connectivity index (χ4v) is 14.9. The van der Waals surface area contributed by atoms with Gasteiger partial charge in [-0.1, -0.05) is 286 Å². The molecule has 0 spiro atoms. The third-order valence-corrected chi connectivity index (χ3v) is 18.9. The first-order chi connectivity index (χ1) is 45.4. The summed E-state index contributed by atoms with van der Waals surface area (Å²) in [6.45, 7) is -0.333. The molecular weight excluding hydrogens is 1060 g/mol. The Kier molecular flexibility index (Phi) is 11.7. The Morgan fingerprint density at radius 2 is 0.750 bits per heavy atom. The molecule has 3 aliphatic rings. The van der Waals surface area contributed by atoms with Gasteiger partial charge in [0.05, 0.1) is 33.6 Å². The van der Waals surface area contributed by atoms with Crippen molar-refractivity contribution in [3.05, 3.63) is 315 Å². The molecule has 1 aliphatic carbocycles. The molecular formula is C84H62BN3. The van der Waals surface area contributed by atoms with Gasteiger partial charge in [-0.25, -0.2) is 0 Å². The zero-order valence-corrected chi connectivity index (χ0v) is 48.7. The van der Waals surface area contributed by atoms with Crippen LogP contribution < -0.4 is 26.2 Å². The molecule has 3 nitrogen and oxygen atoms in total. The van der Waals surface area contributed by atoms with Crippen molar-refractivity contribution in [2.24, 2.45) is 0 Å². The van der Waals surface area contributed by atoms with E-state index in [9.17, 15) is 5.48 Å². The molecule has 0 unspecified atom stereocenters. The predicted molar refractivity (Wildman–Crippen MR) is 373 cm³/mol. The Bertz CT molecular complexity index is 4830. The second-order valence-electron chi connectivity index (χ2n) is 23.8. The number of para-hydroxylation sites is 3. The molecule has 14 aromatic rings. The van der Waals surface area contributed by atoms with Crippen LogP contribution >= 0.6 is 0 Å². The molecule has 2 aliphatic heterocycles. The molecule has 0 N–H and O–H groups in total. The van der Waals surface area contributed by atoms with E-state index in [1.54, 1.807) is 0 Å². The van der Waals surface area contributed by atoms with Crippen LogP contribution in [0.2, 0.25) is 0 Å². The van der Waals surface area contributed by atoms with Gasteiger partial charge < -0.3 is 14.4 Å². The van der Waals surface area contributed by atoms with Crippen molar-refractivity contribution in [1.29, 1.82) is 0 Å². The standard InChI is InChI=1S/C84H62BN3/c1-8-26-57(27-9-1)64-46-49-77-73(52-64)72-40-22-23-45-76(72)86(77)67-55-80-82-81(56-67)88(84-70(62-36-18-6-19-37-62)43-25-44-71(84)63-38-20-7-21-39-63)79-51-48-66(59-30-12-3-13-31-59)54-75(79)85(82)74-53-65(58-28-10-2-11-29-58)47-50-78(74)87(80)83-68(60-32-14-4-15-33-60)41-24-42-69(83)61-34-16-5-17-35-61/h2-7,10-25,28-57H,1,8-9,26-27H2/i22D,23D,40D,45D. The van der Waals surface area contributed by atoms with Crippen LogP contribution in [0.4, 0.5) is 34.1 Å². The maximum Gasteiger partial charge on any atom is 0.252 e. The van der Waals surface area contributed by atoms with Crippen LogP contribution in [-0.4, -0.2) is 11.3 Å². The number of benzene rings is 13. The number of hydrogen-bond acceptors (Lipinski definition) is 2. The molecule has 0 atom stereocenters. The molecule has 0 saturated heterocycles. The minimum atomic E-state index is -0.333. The molecule has 3 heterocycles. The quantitative estimate of drug-likeness (QED) is 0.126. The Hall–Kier alpha value is -10.7. The first-order valence-electron chi connectivity index (χ1n) is 33.1. The number of hydrogen-bond donors (Lipinski definition) is 0. The average Bonchev–Trinajstić information content (AvgIpc) is 1.88. The fraction of sp³-hybridized carbons (Fsp3) is 0.0714. The molecule has 88 heavy (non-hydrogen) atoms. The number of fused-ring (bicyclic) bond motifs is 7. The van der Waals surface area contributed by atoms with Crippen molar-refractivity contribution < 1.29 is 5.48 Å². The lowest BCUT2D eigenvalue weighted by molar-refractivity contribution is 0.444. The molecule has 416 valence electrons. The first kappa shape index (κ1) is 47.6. The summed E-state index contributed by atoms with van der Waals surface area (Å²) in [6, 6.07) is 103. The molecule has 1 saturated carbocycles. The Morgan fingerprint density at radius 3 is 1.19 bits per heavy atom. The molecule has 4 heteroatoms. The van der Waals surface area contributed by atoms with Crippen molar-refractivity contribution in [3.8, 4) is 72.4 Å². The van der Waals surface area contributed by atoms with Crippen LogP contribution in [0.1, 0.15) is 49.1 Å². The van der Waals surface area contributed by atoms with Gasteiger partial charge in [0, 0.05) is 55.8 Å². The van der Waals surface area contributed by atoms with Crippen LogP contribution in [0.15, 0.2) is 309 Å². The summed E-state index contributed by atoms with van der Waals surface area (Å²) >= 11 is 0. The van der Waals surface area contributed by atoms with E-state index >= 15 is 0 Å². The Morgan fingerprint density at radius 1 is 0.330 bits per heavy atom. The molecule has 13 aromatic carbocycles. The predicted octanol–water partition coefficient (Wildman–Crippen LogP) is 20.9. The molecule has 17 rings (SSSR count). The van der Waals surface area contributed by atoms with Crippen LogP contribution in [-0.2, 0) is 0 Å². The van der Waals surface area contributed by atoms with Crippen molar-refractivity contribution in [1.82, 2.24) is 4.57 Å². The van der Waals surface area contributed by atoms with E-state index in [2.05, 4.69) is 299 Å². The van der Waals surface area contributed by atoms with Crippen LogP contribution in [0.5, 0.6) is 0 Å². The van der Waals surface area contributed by atoms with Crippen molar-refractivity contribution in [3.63, 3.8) is 0 Å². The lowest BCUT2D eigenvalue weighted by Crippen LogP contribution is -2.61. The SMILES string of the molecule is [2H]c1c([2H])c([2H])c2c(c1[2H])c1cc(C3CCCCC3)ccc1n2-c1cc2c3c(c1)N(c1c(-c4ccccc4)cccc1-c1ccccc1)c1ccc(-c4ccccc4)cc1B3c1cc(-c3ccccc3)ccc1N2c1c(-c2ccccc2)cccc1-c1ccccc1. The summed E-state index contributed by atoms with van der Waals surface area (Å²) in [4.78, 5) is 5.09.